The number of rotatable bonds is 6. The van der Waals surface area contributed by atoms with Gasteiger partial charge in [-0.2, -0.15) is 0 Å². The lowest BCUT2D eigenvalue weighted by molar-refractivity contribution is 0.0561. The van der Waals surface area contributed by atoms with Crippen LogP contribution in [-0.2, 0) is 6.61 Å². The lowest BCUT2D eigenvalue weighted by Gasteiger charge is -2.34. The van der Waals surface area contributed by atoms with Crippen LogP contribution in [-0.4, -0.2) is 17.8 Å². The first-order valence-electron chi connectivity index (χ1n) is 8.92. The van der Waals surface area contributed by atoms with Gasteiger partial charge in [-0.05, 0) is 48.6 Å². The smallest absolute Gasteiger partial charge is 0.119 e. The summed E-state index contributed by atoms with van der Waals surface area (Å²) < 4.78 is 5.85. The number of aliphatic hydroxyl groups excluding tert-OH is 1. The van der Waals surface area contributed by atoms with Crippen molar-refractivity contribution in [2.24, 2.45) is 11.7 Å². The fraction of sp³-hybridized carbons (Fsp3) is 0.429. The van der Waals surface area contributed by atoms with Gasteiger partial charge < -0.3 is 15.6 Å². The normalized spacial score (nSPS) is 22.1. The first kappa shape index (κ1) is 17.0. The highest BCUT2D eigenvalue weighted by atomic mass is 16.5. The zero-order valence-electron chi connectivity index (χ0n) is 14.1. The predicted molar refractivity (Wildman–Crippen MR) is 97.0 cm³/mol. The van der Waals surface area contributed by atoms with Crippen LogP contribution in [0.4, 0.5) is 0 Å². The van der Waals surface area contributed by atoms with Crippen LogP contribution in [0.2, 0.25) is 0 Å². The summed E-state index contributed by atoms with van der Waals surface area (Å²) in [5.74, 6) is 1.37. The van der Waals surface area contributed by atoms with E-state index in [1.165, 1.54) is 12.0 Å². The van der Waals surface area contributed by atoms with E-state index in [0.29, 0.717) is 13.2 Å². The molecule has 2 aromatic rings. The van der Waals surface area contributed by atoms with Gasteiger partial charge in [-0.1, -0.05) is 55.3 Å². The van der Waals surface area contributed by atoms with Crippen molar-refractivity contribution in [2.75, 3.05) is 6.54 Å². The van der Waals surface area contributed by atoms with E-state index in [1.807, 2.05) is 30.3 Å². The summed E-state index contributed by atoms with van der Waals surface area (Å²) in [5, 5.41) is 10.3. The minimum atomic E-state index is -0.221. The van der Waals surface area contributed by atoms with Crippen LogP contribution in [0.5, 0.6) is 5.75 Å². The highest BCUT2D eigenvalue weighted by Gasteiger charge is 2.30. The maximum absolute atomic E-state index is 10.3. The van der Waals surface area contributed by atoms with E-state index in [1.54, 1.807) is 0 Å². The molecule has 3 rings (SSSR count). The number of nitrogens with two attached hydrogens (primary N) is 1. The van der Waals surface area contributed by atoms with Gasteiger partial charge in [0.05, 0.1) is 6.10 Å². The standard InChI is InChI=1S/C21H27NO2/c22-14-20(19-8-4-5-9-21(19)23)17-10-12-18(13-11-17)24-15-16-6-2-1-3-7-16/h1-3,6-7,10-13,19-21,23H,4-5,8-9,14-15,22H2/t19-,20+,21-/m1/s1. The molecule has 128 valence electrons. The maximum atomic E-state index is 10.3. The summed E-state index contributed by atoms with van der Waals surface area (Å²) in [5.41, 5.74) is 8.39. The van der Waals surface area contributed by atoms with Crippen LogP contribution >= 0.6 is 0 Å². The average molecular weight is 325 g/mol. The Kier molecular flexibility index (Phi) is 5.89. The fourth-order valence-corrected chi connectivity index (χ4v) is 3.72. The van der Waals surface area contributed by atoms with E-state index in [-0.39, 0.29) is 17.9 Å². The highest BCUT2D eigenvalue weighted by Crippen LogP contribution is 2.36. The van der Waals surface area contributed by atoms with Gasteiger partial charge in [0.25, 0.3) is 0 Å². The SMILES string of the molecule is NC[C@@H](c1ccc(OCc2ccccc2)cc1)[C@H]1CCCC[C@H]1O. The van der Waals surface area contributed by atoms with Crippen molar-refractivity contribution < 1.29 is 9.84 Å². The summed E-state index contributed by atoms with van der Waals surface area (Å²) in [4.78, 5) is 0. The number of hydrogen-bond acceptors (Lipinski definition) is 3. The van der Waals surface area contributed by atoms with E-state index in [9.17, 15) is 5.11 Å². The molecule has 3 nitrogen and oxygen atoms in total. The van der Waals surface area contributed by atoms with Crippen LogP contribution in [0.15, 0.2) is 54.6 Å². The van der Waals surface area contributed by atoms with E-state index in [4.69, 9.17) is 10.5 Å². The van der Waals surface area contributed by atoms with E-state index in [0.717, 1.165) is 30.6 Å². The first-order chi connectivity index (χ1) is 11.8. The molecular formula is C21H27NO2. The zero-order chi connectivity index (χ0) is 16.8. The van der Waals surface area contributed by atoms with Crippen molar-refractivity contribution in [1.29, 1.82) is 0 Å². The molecule has 0 saturated heterocycles. The third kappa shape index (κ3) is 4.16. The molecule has 0 unspecified atom stereocenters. The fourth-order valence-electron chi connectivity index (χ4n) is 3.72. The van der Waals surface area contributed by atoms with Crippen molar-refractivity contribution in [3.63, 3.8) is 0 Å². The molecule has 0 radical (unpaired) electrons. The average Bonchev–Trinajstić information content (AvgIpc) is 2.64. The minimum Gasteiger partial charge on any atom is -0.489 e. The molecule has 0 bridgehead atoms. The second-order valence-corrected chi connectivity index (χ2v) is 6.70. The topological polar surface area (TPSA) is 55.5 Å². The second kappa shape index (κ2) is 8.32. The van der Waals surface area contributed by atoms with E-state index in [2.05, 4.69) is 24.3 Å². The van der Waals surface area contributed by atoms with Crippen LogP contribution in [0.25, 0.3) is 0 Å². The largest absolute Gasteiger partial charge is 0.489 e. The van der Waals surface area contributed by atoms with Crippen molar-refractivity contribution >= 4 is 0 Å². The van der Waals surface area contributed by atoms with E-state index >= 15 is 0 Å². The third-order valence-corrected chi connectivity index (χ3v) is 5.11. The van der Waals surface area contributed by atoms with Gasteiger partial charge in [-0.3, -0.25) is 0 Å². The van der Waals surface area contributed by atoms with Gasteiger partial charge >= 0.3 is 0 Å². The van der Waals surface area contributed by atoms with Crippen LogP contribution in [0, 0.1) is 5.92 Å². The summed E-state index contributed by atoms with van der Waals surface area (Å²) in [6, 6.07) is 18.4. The summed E-state index contributed by atoms with van der Waals surface area (Å²) in [6.45, 7) is 1.15. The molecule has 0 aliphatic heterocycles. The molecule has 1 fully saturated rings. The Labute approximate surface area is 144 Å². The van der Waals surface area contributed by atoms with Gasteiger partial charge in [0.15, 0.2) is 0 Å². The number of ether oxygens (including phenoxy) is 1. The first-order valence-corrected chi connectivity index (χ1v) is 8.92. The molecule has 1 aliphatic carbocycles. The molecule has 1 saturated carbocycles. The summed E-state index contributed by atoms with van der Waals surface area (Å²) in [7, 11) is 0. The lowest BCUT2D eigenvalue weighted by Crippen LogP contribution is -2.33. The van der Waals surface area contributed by atoms with Gasteiger partial charge in [0.2, 0.25) is 0 Å². The Morgan fingerprint density at radius 1 is 1.00 bits per heavy atom. The molecule has 1 aliphatic rings. The molecule has 0 heterocycles. The molecule has 0 spiro atoms. The predicted octanol–water partition coefficient (Wildman–Crippen LogP) is 3.86. The molecular weight excluding hydrogens is 298 g/mol. The molecule has 0 aromatic heterocycles. The van der Waals surface area contributed by atoms with Crippen LogP contribution in [0.1, 0.15) is 42.7 Å². The Morgan fingerprint density at radius 3 is 2.38 bits per heavy atom. The summed E-state index contributed by atoms with van der Waals surface area (Å²) in [6.07, 6.45) is 4.06. The monoisotopic (exact) mass is 325 g/mol. The summed E-state index contributed by atoms with van der Waals surface area (Å²) >= 11 is 0. The second-order valence-electron chi connectivity index (χ2n) is 6.70. The van der Waals surface area contributed by atoms with Gasteiger partial charge in [-0.25, -0.2) is 0 Å². The zero-order valence-corrected chi connectivity index (χ0v) is 14.1. The Bertz CT molecular complexity index is 611. The molecule has 3 heteroatoms. The van der Waals surface area contributed by atoms with Gasteiger partial charge in [-0.15, -0.1) is 0 Å². The number of benzene rings is 2. The molecule has 3 atom stereocenters. The van der Waals surface area contributed by atoms with Crippen LogP contribution < -0.4 is 10.5 Å². The van der Waals surface area contributed by atoms with Crippen molar-refractivity contribution in [3.05, 3.63) is 65.7 Å². The Morgan fingerprint density at radius 2 is 1.71 bits per heavy atom. The number of aliphatic hydroxyl groups is 1. The Balaban J connectivity index is 1.64. The minimum absolute atomic E-state index is 0.221. The molecule has 3 N–H and O–H groups in total. The third-order valence-electron chi connectivity index (χ3n) is 5.11. The maximum Gasteiger partial charge on any atom is 0.119 e. The van der Waals surface area contributed by atoms with E-state index < -0.39 is 0 Å². The van der Waals surface area contributed by atoms with Crippen molar-refractivity contribution in [2.45, 2.75) is 44.3 Å². The van der Waals surface area contributed by atoms with Crippen LogP contribution in [0.3, 0.4) is 0 Å². The number of hydrogen-bond donors (Lipinski definition) is 2. The quantitative estimate of drug-likeness (QED) is 0.848. The van der Waals surface area contributed by atoms with Crippen molar-refractivity contribution in [3.8, 4) is 5.75 Å². The van der Waals surface area contributed by atoms with Gasteiger partial charge in [0, 0.05) is 5.92 Å². The highest BCUT2D eigenvalue weighted by molar-refractivity contribution is 5.30. The van der Waals surface area contributed by atoms with Gasteiger partial charge in [0.1, 0.15) is 12.4 Å². The molecule has 0 amide bonds. The Hall–Kier alpha value is -1.84. The van der Waals surface area contributed by atoms with Crippen molar-refractivity contribution in [1.82, 2.24) is 0 Å². The lowest BCUT2D eigenvalue weighted by atomic mass is 9.75. The molecule has 2 aromatic carbocycles. The molecule has 24 heavy (non-hydrogen) atoms.